The second kappa shape index (κ2) is 4.45. The Hall–Kier alpha value is -2.83. The summed E-state index contributed by atoms with van der Waals surface area (Å²) in [6.07, 6.45) is 3.21. The molecule has 0 fully saturated rings. The van der Waals surface area contributed by atoms with Crippen molar-refractivity contribution in [2.75, 3.05) is 7.11 Å². The van der Waals surface area contributed by atoms with Gasteiger partial charge >= 0.3 is 11.9 Å². The van der Waals surface area contributed by atoms with Gasteiger partial charge in [0.2, 0.25) is 5.89 Å². The van der Waals surface area contributed by atoms with Crippen LogP contribution in [0.5, 0.6) is 0 Å². The standard InChI is InChI=1S/C12H8N4O3/c1-18-12(17)11-16-15-10(19-11)7-2-3-8-9(6-7)14-5-4-13-8/h2-6H,1H3. The molecule has 94 valence electrons. The molecule has 0 N–H and O–H groups in total. The average Bonchev–Trinajstić information content (AvgIpc) is 2.95. The highest BCUT2D eigenvalue weighted by Crippen LogP contribution is 2.21. The number of rotatable bonds is 2. The molecule has 0 saturated heterocycles. The van der Waals surface area contributed by atoms with Crippen molar-refractivity contribution in [2.24, 2.45) is 0 Å². The Kier molecular flexibility index (Phi) is 2.64. The molecule has 0 aliphatic heterocycles. The van der Waals surface area contributed by atoms with Gasteiger partial charge in [0.05, 0.1) is 18.1 Å². The van der Waals surface area contributed by atoms with Crippen LogP contribution in [0.3, 0.4) is 0 Å². The fourth-order valence-corrected chi connectivity index (χ4v) is 1.61. The van der Waals surface area contributed by atoms with Crippen LogP contribution >= 0.6 is 0 Å². The molecule has 2 heterocycles. The highest BCUT2D eigenvalue weighted by atomic mass is 16.5. The van der Waals surface area contributed by atoms with Crippen LogP contribution in [-0.4, -0.2) is 33.2 Å². The van der Waals surface area contributed by atoms with Gasteiger partial charge in [-0.2, -0.15) is 0 Å². The Morgan fingerprint density at radius 1 is 1.16 bits per heavy atom. The Morgan fingerprint density at radius 2 is 1.95 bits per heavy atom. The number of methoxy groups -OCH3 is 1. The number of benzene rings is 1. The van der Waals surface area contributed by atoms with E-state index < -0.39 is 5.97 Å². The predicted molar refractivity (Wildman–Crippen MR) is 64.2 cm³/mol. The molecule has 0 radical (unpaired) electrons. The number of aromatic nitrogens is 4. The minimum Gasteiger partial charge on any atom is -0.462 e. The molecular weight excluding hydrogens is 248 g/mol. The van der Waals surface area contributed by atoms with Crippen molar-refractivity contribution in [1.29, 1.82) is 0 Å². The van der Waals surface area contributed by atoms with Gasteiger partial charge in [-0.25, -0.2) is 4.79 Å². The van der Waals surface area contributed by atoms with E-state index in [-0.39, 0.29) is 11.8 Å². The van der Waals surface area contributed by atoms with E-state index in [1.807, 2.05) is 0 Å². The van der Waals surface area contributed by atoms with E-state index in [2.05, 4.69) is 24.9 Å². The van der Waals surface area contributed by atoms with Gasteiger partial charge in [-0.15, -0.1) is 10.2 Å². The van der Waals surface area contributed by atoms with Crippen LogP contribution in [0, 0.1) is 0 Å². The SMILES string of the molecule is COC(=O)c1nnc(-c2ccc3nccnc3c2)o1. The maximum Gasteiger partial charge on any atom is 0.396 e. The molecule has 0 amide bonds. The molecule has 0 aliphatic rings. The molecule has 0 aliphatic carbocycles. The lowest BCUT2D eigenvalue weighted by atomic mass is 10.2. The summed E-state index contributed by atoms with van der Waals surface area (Å²) in [7, 11) is 1.25. The van der Waals surface area contributed by atoms with Crippen LogP contribution in [0.25, 0.3) is 22.5 Å². The van der Waals surface area contributed by atoms with Crippen molar-refractivity contribution in [2.45, 2.75) is 0 Å². The minimum absolute atomic E-state index is 0.184. The Morgan fingerprint density at radius 3 is 2.74 bits per heavy atom. The lowest BCUT2D eigenvalue weighted by Crippen LogP contribution is -2.00. The number of carbonyl (C=O) groups is 1. The van der Waals surface area contributed by atoms with Gasteiger partial charge < -0.3 is 9.15 Å². The molecule has 0 saturated carbocycles. The van der Waals surface area contributed by atoms with Crippen LogP contribution < -0.4 is 0 Å². The van der Waals surface area contributed by atoms with Gasteiger partial charge in [0.15, 0.2) is 0 Å². The van der Waals surface area contributed by atoms with E-state index in [0.717, 1.165) is 5.52 Å². The van der Waals surface area contributed by atoms with Gasteiger partial charge in [0.1, 0.15) is 0 Å². The average molecular weight is 256 g/mol. The number of fused-ring (bicyclic) bond motifs is 1. The molecule has 2 aromatic heterocycles. The van der Waals surface area contributed by atoms with E-state index in [1.165, 1.54) is 7.11 Å². The number of ether oxygens (including phenoxy) is 1. The summed E-state index contributed by atoms with van der Waals surface area (Å²) < 4.78 is 9.72. The van der Waals surface area contributed by atoms with Crippen LogP contribution in [0.15, 0.2) is 35.0 Å². The van der Waals surface area contributed by atoms with Crippen molar-refractivity contribution >= 4 is 17.0 Å². The maximum absolute atomic E-state index is 11.2. The van der Waals surface area contributed by atoms with E-state index >= 15 is 0 Å². The fourth-order valence-electron chi connectivity index (χ4n) is 1.61. The molecule has 0 unspecified atom stereocenters. The molecular formula is C12H8N4O3. The molecule has 1 aromatic carbocycles. The third kappa shape index (κ3) is 2.01. The van der Waals surface area contributed by atoms with Crippen LogP contribution in [0.4, 0.5) is 0 Å². The lowest BCUT2D eigenvalue weighted by molar-refractivity contribution is 0.0556. The molecule has 7 nitrogen and oxygen atoms in total. The molecule has 0 bridgehead atoms. The van der Waals surface area contributed by atoms with Crippen LogP contribution in [-0.2, 0) is 4.74 Å². The van der Waals surface area contributed by atoms with Crippen molar-refractivity contribution in [3.8, 4) is 11.5 Å². The highest BCUT2D eigenvalue weighted by molar-refractivity contribution is 5.84. The minimum atomic E-state index is -0.667. The first-order chi connectivity index (χ1) is 9.28. The summed E-state index contributed by atoms with van der Waals surface area (Å²) >= 11 is 0. The summed E-state index contributed by atoms with van der Waals surface area (Å²) in [6, 6.07) is 5.32. The monoisotopic (exact) mass is 256 g/mol. The highest BCUT2D eigenvalue weighted by Gasteiger charge is 2.16. The summed E-state index contributed by atoms with van der Waals surface area (Å²) in [4.78, 5) is 19.6. The zero-order valence-electron chi connectivity index (χ0n) is 9.90. The molecule has 3 rings (SSSR count). The molecule has 7 heteroatoms. The van der Waals surface area contributed by atoms with Gasteiger partial charge in [0, 0.05) is 18.0 Å². The van der Waals surface area contributed by atoms with Crippen molar-refractivity contribution in [3.05, 3.63) is 36.5 Å². The van der Waals surface area contributed by atoms with Crippen LogP contribution in [0.1, 0.15) is 10.7 Å². The van der Waals surface area contributed by atoms with E-state index in [9.17, 15) is 4.79 Å². The zero-order valence-corrected chi connectivity index (χ0v) is 9.90. The first-order valence-electron chi connectivity index (χ1n) is 5.41. The molecule has 19 heavy (non-hydrogen) atoms. The topological polar surface area (TPSA) is 91.0 Å². The Labute approximate surface area is 107 Å². The Balaban J connectivity index is 2.04. The lowest BCUT2D eigenvalue weighted by Gasteiger charge is -1.97. The predicted octanol–water partition coefficient (Wildman–Crippen LogP) is 1.47. The Bertz CT molecular complexity index is 753. The first kappa shape index (κ1) is 11.3. The second-order valence-corrected chi connectivity index (χ2v) is 3.66. The van der Waals surface area contributed by atoms with Gasteiger partial charge in [-0.3, -0.25) is 9.97 Å². The first-order valence-corrected chi connectivity index (χ1v) is 5.41. The summed E-state index contributed by atoms with van der Waals surface area (Å²) in [5.41, 5.74) is 2.13. The largest absolute Gasteiger partial charge is 0.462 e. The van der Waals surface area contributed by atoms with Crippen molar-refractivity contribution in [1.82, 2.24) is 20.2 Å². The van der Waals surface area contributed by atoms with Gasteiger partial charge in [0.25, 0.3) is 0 Å². The summed E-state index contributed by atoms with van der Waals surface area (Å²) in [6.45, 7) is 0. The van der Waals surface area contributed by atoms with E-state index in [4.69, 9.17) is 4.42 Å². The number of esters is 1. The fraction of sp³-hybridized carbons (Fsp3) is 0.0833. The van der Waals surface area contributed by atoms with Gasteiger partial charge in [-0.1, -0.05) is 0 Å². The summed E-state index contributed by atoms with van der Waals surface area (Å²) in [5.74, 6) is -0.621. The number of hydrogen-bond donors (Lipinski definition) is 0. The number of carbonyl (C=O) groups excluding carboxylic acids is 1. The third-order valence-electron chi connectivity index (χ3n) is 2.50. The maximum atomic E-state index is 11.2. The van der Waals surface area contributed by atoms with Gasteiger partial charge in [-0.05, 0) is 18.2 Å². The third-order valence-corrected chi connectivity index (χ3v) is 2.50. The van der Waals surface area contributed by atoms with E-state index in [0.29, 0.717) is 11.1 Å². The van der Waals surface area contributed by atoms with Crippen molar-refractivity contribution < 1.29 is 13.9 Å². The molecule has 0 atom stereocenters. The zero-order chi connectivity index (χ0) is 13.2. The quantitative estimate of drug-likeness (QED) is 0.641. The molecule has 0 spiro atoms. The van der Waals surface area contributed by atoms with Crippen molar-refractivity contribution in [3.63, 3.8) is 0 Å². The smallest absolute Gasteiger partial charge is 0.396 e. The van der Waals surface area contributed by atoms with Crippen LogP contribution in [0.2, 0.25) is 0 Å². The summed E-state index contributed by atoms with van der Waals surface area (Å²) in [5, 5.41) is 7.41. The second-order valence-electron chi connectivity index (χ2n) is 3.66. The number of nitrogens with zero attached hydrogens (tertiary/aromatic N) is 4. The molecule has 3 aromatic rings. The normalized spacial score (nSPS) is 10.6. The van der Waals surface area contributed by atoms with E-state index in [1.54, 1.807) is 30.6 Å². The number of hydrogen-bond acceptors (Lipinski definition) is 7.